The number of nitrogens with one attached hydrogen (secondary N) is 1. The average Bonchev–Trinajstić information content (AvgIpc) is 3.08. The van der Waals surface area contributed by atoms with Gasteiger partial charge in [0.2, 0.25) is 0 Å². The lowest BCUT2D eigenvalue weighted by Crippen LogP contribution is -2.64. The van der Waals surface area contributed by atoms with Gasteiger partial charge >= 0.3 is 0 Å². The summed E-state index contributed by atoms with van der Waals surface area (Å²) in [7, 11) is 0. The summed E-state index contributed by atoms with van der Waals surface area (Å²) in [5.74, 6) is 2.10. The topological polar surface area (TPSA) is 58.1 Å². The lowest BCUT2D eigenvalue weighted by atomic mass is 9.65. The highest BCUT2D eigenvalue weighted by Crippen LogP contribution is 2.43. The van der Waals surface area contributed by atoms with Crippen molar-refractivity contribution < 1.29 is 4.79 Å². The molecule has 6 rings (SSSR count). The van der Waals surface area contributed by atoms with Crippen molar-refractivity contribution >= 4 is 17.2 Å². The largest absolute Gasteiger partial charge is 0.347 e. The van der Waals surface area contributed by atoms with Gasteiger partial charge in [0.05, 0.1) is 5.69 Å². The summed E-state index contributed by atoms with van der Waals surface area (Å²) in [5, 5.41) is 5.83. The lowest BCUT2D eigenvalue weighted by molar-refractivity contribution is -0.0418. The van der Waals surface area contributed by atoms with Gasteiger partial charge in [0.25, 0.3) is 5.91 Å². The summed E-state index contributed by atoms with van der Waals surface area (Å²) in [6.45, 7) is 3.58. The minimum atomic E-state index is -0.00669. The Morgan fingerprint density at radius 2 is 1.92 bits per heavy atom. The molecule has 0 aromatic carbocycles. The Morgan fingerprint density at radius 3 is 2.62 bits per heavy atom. The smallest absolute Gasteiger partial charge is 0.280 e. The van der Waals surface area contributed by atoms with Crippen molar-refractivity contribution in [3.05, 3.63) is 34.9 Å². The summed E-state index contributed by atoms with van der Waals surface area (Å²) in [6, 6.07) is 4.17. The predicted molar refractivity (Wildman–Crippen MR) is 92.7 cm³/mol. The SMILES string of the molecule is O=C(NC1[C@@H]2CC3C[C@H]1CN(C3)C2)c1nc(-c2ccncc2)cs1. The van der Waals surface area contributed by atoms with Crippen LogP contribution in [0.1, 0.15) is 22.6 Å². The van der Waals surface area contributed by atoms with E-state index in [4.69, 9.17) is 0 Å². The third-order valence-electron chi connectivity index (χ3n) is 5.76. The molecule has 1 N–H and O–H groups in total. The Kier molecular flexibility index (Phi) is 3.41. The first-order valence-electron chi connectivity index (χ1n) is 8.65. The number of hydrogen-bond acceptors (Lipinski definition) is 5. The summed E-state index contributed by atoms with van der Waals surface area (Å²) < 4.78 is 0. The van der Waals surface area contributed by atoms with Gasteiger partial charge in [-0.3, -0.25) is 9.78 Å². The monoisotopic (exact) mass is 340 g/mol. The maximum absolute atomic E-state index is 12.7. The Labute approximate surface area is 145 Å². The molecule has 24 heavy (non-hydrogen) atoms. The maximum atomic E-state index is 12.7. The maximum Gasteiger partial charge on any atom is 0.280 e. The van der Waals surface area contributed by atoms with E-state index in [0.29, 0.717) is 22.9 Å². The Hall–Kier alpha value is -1.79. The second kappa shape index (κ2) is 5.63. The van der Waals surface area contributed by atoms with Gasteiger partial charge in [-0.2, -0.15) is 0 Å². The van der Waals surface area contributed by atoms with Crippen LogP contribution in [0.3, 0.4) is 0 Å². The molecule has 124 valence electrons. The van der Waals surface area contributed by atoms with Crippen LogP contribution in [0.25, 0.3) is 11.3 Å². The van der Waals surface area contributed by atoms with Gasteiger partial charge in [0.15, 0.2) is 5.01 Å². The number of piperidine rings is 3. The fraction of sp³-hybridized carbons (Fsp3) is 0.500. The molecular formula is C18H20N4OS. The van der Waals surface area contributed by atoms with E-state index in [0.717, 1.165) is 30.3 Å². The second-order valence-electron chi connectivity index (χ2n) is 7.35. The van der Waals surface area contributed by atoms with Crippen molar-refractivity contribution in [3.63, 3.8) is 0 Å². The van der Waals surface area contributed by atoms with E-state index in [1.165, 1.54) is 30.7 Å². The van der Waals surface area contributed by atoms with Crippen LogP contribution < -0.4 is 5.32 Å². The van der Waals surface area contributed by atoms with Gasteiger partial charge in [-0.25, -0.2) is 4.98 Å². The molecule has 1 aliphatic carbocycles. The fourth-order valence-corrected chi connectivity index (χ4v) is 5.62. The first-order valence-corrected chi connectivity index (χ1v) is 9.53. The van der Waals surface area contributed by atoms with Crippen LogP contribution in [0.4, 0.5) is 0 Å². The van der Waals surface area contributed by atoms with Crippen molar-refractivity contribution in [2.24, 2.45) is 17.8 Å². The zero-order valence-electron chi connectivity index (χ0n) is 13.4. The molecule has 3 unspecified atom stereocenters. The molecule has 1 amide bonds. The molecule has 5 heterocycles. The highest BCUT2D eigenvalue weighted by atomic mass is 32.1. The van der Waals surface area contributed by atoms with Crippen LogP contribution in [-0.4, -0.2) is 46.5 Å². The minimum absolute atomic E-state index is 0.00669. The van der Waals surface area contributed by atoms with Crippen molar-refractivity contribution in [2.45, 2.75) is 18.9 Å². The van der Waals surface area contributed by atoms with E-state index in [9.17, 15) is 4.79 Å². The van der Waals surface area contributed by atoms with Gasteiger partial charge in [0, 0.05) is 49.0 Å². The van der Waals surface area contributed by atoms with E-state index in [1.54, 1.807) is 12.4 Å². The van der Waals surface area contributed by atoms with Crippen molar-refractivity contribution in [1.82, 2.24) is 20.2 Å². The number of amides is 1. The standard InChI is InChI=1S/C18H20N4OS/c23-17(18-20-15(10-24-18)12-1-3-19-4-2-12)21-16-13-5-11-6-14(16)9-22(7-11)8-13/h1-4,10-11,13-14,16H,5-9H2,(H,21,23)/t11?,13-,14+,16?. The molecule has 4 bridgehead atoms. The first-order chi connectivity index (χ1) is 11.8. The quantitative estimate of drug-likeness (QED) is 0.931. The normalized spacial score (nSPS) is 33.6. The number of carbonyl (C=O) groups is 1. The number of rotatable bonds is 3. The number of hydrogen-bond donors (Lipinski definition) is 1. The van der Waals surface area contributed by atoms with Crippen LogP contribution in [0.5, 0.6) is 0 Å². The number of thiazole rings is 1. The minimum Gasteiger partial charge on any atom is -0.347 e. The summed E-state index contributed by atoms with van der Waals surface area (Å²) >= 11 is 1.42. The zero-order valence-corrected chi connectivity index (χ0v) is 14.2. The summed E-state index contributed by atoms with van der Waals surface area (Å²) in [6.07, 6.45) is 6.05. The molecule has 0 radical (unpaired) electrons. The van der Waals surface area contributed by atoms with Gasteiger partial charge in [-0.05, 0) is 42.7 Å². The van der Waals surface area contributed by atoms with E-state index in [-0.39, 0.29) is 5.91 Å². The average molecular weight is 340 g/mol. The molecule has 2 aromatic rings. The third kappa shape index (κ3) is 2.45. The predicted octanol–water partition coefficient (Wildman–Crippen LogP) is 2.28. The first kappa shape index (κ1) is 14.5. The molecule has 0 spiro atoms. The van der Waals surface area contributed by atoms with Crippen LogP contribution in [0.2, 0.25) is 0 Å². The molecule has 2 aromatic heterocycles. The highest BCUT2D eigenvalue weighted by molar-refractivity contribution is 7.12. The van der Waals surface area contributed by atoms with E-state index in [1.807, 2.05) is 17.5 Å². The van der Waals surface area contributed by atoms with Crippen LogP contribution in [0, 0.1) is 17.8 Å². The summed E-state index contributed by atoms with van der Waals surface area (Å²) in [5.41, 5.74) is 1.85. The van der Waals surface area contributed by atoms with Crippen molar-refractivity contribution in [3.8, 4) is 11.3 Å². The van der Waals surface area contributed by atoms with Crippen LogP contribution in [-0.2, 0) is 0 Å². The van der Waals surface area contributed by atoms with Crippen LogP contribution >= 0.6 is 11.3 Å². The Balaban J connectivity index is 1.32. The number of aromatic nitrogens is 2. The van der Waals surface area contributed by atoms with Crippen molar-refractivity contribution in [1.29, 1.82) is 0 Å². The van der Waals surface area contributed by atoms with E-state index in [2.05, 4.69) is 20.2 Å². The third-order valence-corrected chi connectivity index (χ3v) is 6.60. The van der Waals surface area contributed by atoms with Gasteiger partial charge in [0.1, 0.15) is 0 Å². The second-order valence-corrected chi connectivity index (χ2v) is 8.21. The number of nitrogens with zero attached hydrogens (tertiary/aromatic N) is 3. The van der Waals surface area contributed by atoms with Crippen molar-refractivity contribution in [2.75, 3.05) is 19.6 Å². The highest BCUT2D eigenvalue weighted by Gasteiger charge is 2.48. The van der Waals surface area contributed by atoms with Crippen LogP contribution in [0.15, 0.2) is 29.9 Å². The molecule has 1 saturated carbocycles. The number of carbonyl (C=O) groups excluding carboxylic acids is 1. The lowest BCUT2D eigenvalue weighted by Gasteiger charge is -2.55. The van der Waals surface area contributed by atoms with Gasteiger partial charge < -0.3 is 10.2 Å². The molecule has 3 saturated heterocycles. The van der Waals surface area contributed by atoms with Gasteiger partial charge in [-0.1, -0.05) is 0 Å². The fourth-order valence-electron chi connectivity index (χ4n) is 4.89. The molecule has 5 nitrogen and oxygen atoms in total. The molecular weight excluding hydrogens is 320 g/mol. The Morgan fingerprint density at radius 1 is 1.17 bits per heavy atom. The summed E-state index contributed by atoms with van der Waals surface area (Å²) in [4.78, 5) is 23.8. The molecule has 4 fully saturated rings. The zero-order chi connectivity index (χ0) is 16.1. The van der Waals surface area contributed by atoms with E-state index >= 15 is 0 Å². The molecule has 4 aliphatic rings. The number of pyridine rings is 1. The molecule has 3 aliphatic heterocycles. The Bertz CT molecular complexity index is 731. The molecule has 5 atom stereocenters. The van der Waals surface area contributed by atoms with E-state index < -0.39 is 0 Å². The van der Waals surface area contributed by atoms with Gasteiger partial charge in [-0.15, -0.1) is 11.3 Å². The molecule has 6 heteroatoms.